The van der Waals surface area contributed by atoms with Crippen LogP contribution in [0, 0.1) is 0 Å². The second kappa shape index (κ2) is 7.72. The molecule has 0 aliphatic carbocycles. The van der Waals surface area contributed by atoms with E-state index in [1.165, 1.54) is 22.7 Å². The lowest BCUT2D eigenvalue weighted by Gasteiger charge is -2.43. The number of ether oxygens (including phenoxy) is 2. The van der Waals surface area contributed by atoms with Crippen molar-refractivity contribution >= 4 is 18.3 Å². The fourth-order valence-electron chi connectivity index (χ4n) is 1.92. The van der Waals surface area contributed by atoms with Crippen LogP contribution in [0.2, 0.25) is 29.7 Å². The van der Waals surface area contributed by atoms with E-state index in [0.29, 0.717) is 11.8 Å². The van der Waals surface area contributed by atoms with Gasteiger partial charge < -0.3 is 9.47 Å². The Balaban J connectivity index is 3.93. The summed E-state index contributed by atoms with van der Waals surface area (Å²) in [6, 6.07) is 1.36. The minimum atomic E-state index is -1.15. The van der Waals surface area contributed by atoms with Gasteiger partial charge in [-0.05, 0) is 18.4 Å². The molecule has 0 bridgehead atoms. The first kappa shape index (κ1) is 17.4. The fraction of sp³-hybridized carbons (Fsp3) is 1.00. The van der Waals surface area contributed by atoms with Crippen LogP contribution in [-0.2, 0) is 9.47 Å². The van der Waals surface area contributed by atoms with Crippen molar-refractivity contribution < 1.29 is 9.47 Å². The highest BCUT2D eigenvalue weighted by molar-refractivity contribution is 6.80. The molecule has 0 heterocycles. The van der Waals surface area contributed by atoms with Gasteiger partial charge >= 0.3 is 0 Å². The molecule has 0 spiro atoms. The third kappa shape index (κ3) is 5.68. The monoisotopic (exact) mass is 276 g/mol. The maximum Gasteiger partial charge on any atom is 0.146 e. The summed E-state index contributed by atoms with van der Waals surface area (Å²) in [5.41, 5.74) is 0.897. The molecule has 0 aromatic heterocycles. The predicted molar refractivity (Wildman–Crippen MR) is 82.8 cm³/mol. The molecule has 0 aliphatic rings. The van der Waals surface area contributed by atoms with Crippen LogP contribution in [0.1, 0.15) is 34.1 Å². The maximum absolute atomic E-state index is 5.45. The second-order valence-corrected chi connectivity index (χ2v) is 13.7. The van der Waals surface area contributed by atoms with Crippen LogP contribution < -0.4 is 0 Å². The number of rotatable bonds is 9. The largest absolute Gasteiger partial charge is 0.356 e. The molecular weight excluding hydrogens is 244 g/mol. The first-order chi connectivity index (χ1) is 7.75. The van der Waals surface area contributed by atoms with E-state index < -0.39 is 8.07 Å². The van der Waals surface area contributed by atoms with Crippen molar-refractivity contribution in [2.75, 3.05) is 20.0 Å². The Morgan fingerprint density at radius 2 is 1.82 bits per heavy atom. The van der Waals surface area contributed by atoms with E-state index >= 15 is 0 Å². The van der Waals surface area contributed by atoms with Gasteiger partial charge in [-0.25, -0.2) is 0 Å². The van der Waals surface area contributed by atoms with Gasteiger partial charge in [0.1, 0.15) is 6.79 Å². The molecule has 0 radical (unpaired) electrons. The predicted octanol–water partition coefficient (Wildman–Crippen LogP) is 3.05. The highest BCUT2D eigenvalue weighted by atomic mass is 28.3. The van der Waals surface area contributed by atoms with Gasteiger partial charge in [0.2, 0.25) is 0 Å². The summed E-state index contributed by atoms with van der Waals surface area (Å²) in [6.07, 6.45) is 1.18. The standard InChI is InChI=1S/C13H32O2Si2/c1-7-14-11-15-9-8-10-17(5,6)13(3,4)12(2)16/h12H,7-11H2,1-6,16H3. The Hall–Kier alpha value is 0.354. The van der Waals surface area contributed by atoms with Gasteiger partial charge in [0, 0.05) is 23.5 Å². The van der Waals surface area contributed by atoms with Gasteiger partial charge in [-0.3, -0.25) is 0 Å². The summed E-state index contributed by atoms with van der Waals surface area (Å²) in [5.74, 6) is 0. The topological polar surface area (TPSA) is 18.5 Å². The van der Waals surface area contributed by atoms with E-state index in [2.05, 4.69) is 33.9 Å². The van der Waals surface area contributed by atoms with E-state index in [1.54, 1.807) is 0 Å². The molecule has 0 N–H and O–H groups in total. The van der Waals surface area contributed by atoms with Crippen LogP contribution in [0.25, 0.3) is 0 Å². The van der Waals surface area contributed by atoms with Crippen LogP contribution in [0.15, 0.2) is 0 Å². The molecule has 4 heteroatoms. The van der Waals surface area contributed by atoms with Crippen LogP contribution in [0.5, 0.6) is 0 Å². The van der Waals surface area contributed by atoms with Gasteiger partial charge in [0.15, 0.2) is 0 Å². The molecule has 0 aromatic rings. The molecule has 0 saturated carbocycles. The minimum Gasteiger partial charge on any atom is -0.356 e. The zero-order chi connectivity index (χ0) is 13.5. The number of hydrogen-bond acceptors (Lipinski definition) is 2. The van der Waals surface area contributed by atoms with Crippen molar-refractivity contribution in [1.29, 1.82) is 0 Å². The lowest BCUT2D eigenvalue weighted by Crippen LogP contribution is -2.41. The fourth-order valence-corrected chi connectivity index (χ4v) is 7.50. The first-order valence-electron chi connectivity index (χ1n) is 6.91. The summed E-state index contributed by atoms with van der Waals surface area (Å²) < 4.78 is 10.6. The number of hydrogen-bond donors (Lipinski definition) is 0. The van der Waals surface area contributed by atoms with Crippen molar-refractivity contribution in [1.82, 2.24) is 0 Å². The summed E-state index contributed by atoms with van der Waals surface area (Å²) in [5, 5.41) is 0.555. The summed E-state index contributed by atoms with van der Waals surface area (Å²) >= 11 is 0. The third-order valence-corrected chi connectivity index (χ3v) is 12.3. The normalized spacial score (nSPS) is 15.2. The molecule has 2 nitrogen and oxygen atoms in total. The molecule has 1 unspecified atom stereocenters. The molecule has 0 amide bonds. The van der Waals surface area contributed by atoms with E-state index in [1.807, 2.05) is 6.92 Å². The molecule has 0 saturated heterocycles. The molecule has 0 rings (SSSR count). The Kier molecular flexibility index (Phi) is 7.88. The zero-order valence-electron chi connectivity index (χ0n) is 12.9. The average molecular weight is 277 g/mol. The molecule has 0 fully saturated rings. The van der Waals surface area contributed by atoms with Gasteiger partial charge in [-0.1, -0.05) is 45.5 Å². The summed E-state index contributed by atoms with van der Waals surface area (Å²) in [4.78, 5) is 0. The quantitative estimate of drug-likeness (QED) is 0.366. The highest BCUT2D eigenvalue weighted by Gasteiger charge is 2.40. The van der Waals surface area contributed by atoms with Crippen molar-refractivity contribution in [2.45, 2.75) is 63.8 Å². The van der Waals surface area contributed by atoms with E-state index in [4.69, 9.17) is 9.47 Å². The third-order valence-electron chi connectivity index (χ3n) is 4.65. The molecule has 104 valence electrons. The van der Waals surface area contributed by atoms with Gasteiger partial charge in [0.05, 0.1) is 8.07 Å². The molecule has 1 atom stereocenters. The van der Waals surface area contributed by atoms with Crippen molar-refractivity contribution in [2.24, 2.45) is 0 Å². The Bertz CT molecular complexity index is 204. The van der Waals surface area contributed by atoms with Gasteiger partial charge in [-0.2, -0.15) is 0 Å². The van der Waals surface area contributed by atoms with Gasteiger partial charge in [0.25, 0.3) is 0 Å². The summed E-state index contributed by atoms with van der Waals surface area (Å²) in [6.45, 7) is 16.5. The molecular formula is C13H32O2Si2. The molecule has 0 aromatic carbocycles. The smallest absolute Gasteiger partial charge is 0.146 e. The highest BCUT2D eigenvalue weighted by Crippen LogP contribution is 2.48. The summed E-state index contributed by atoms with van der Waals surface area (Å²) in [7, 11) is 0.154. The maximum atomic E-state index is 5.45. The Morgan fingerprint density at radius 1 is 1.24 bits per heavy atom. The van der Waals surface area contributed by atoms with E-state index in [0.717, 1.165) is 18.8 Å². The van der Waals surface area contributed by atoms with Crippen molar-refractivity contribution in [3.63, 3.8) is 0 Å². The van der Waals surface area contributed by atoms with Crippen LogP contribution in [0.4, 0.5) is 0 Å². The van der Waals surface area contributed by atoms with Crippen LogP contribution in [0.3, 0.4) is 0 Å². The van der Waals surface area contributed by atoms with Crippen LogP contribution in [-0.4, -0.2) is 38.3 Å². The lowest BCUT2D eigenvalue weighted by molar-refractivity contribution is -0.0489. The Labute approximate surface area is 112 Å². The van der Waals surface area contributed by atoms with Gasteiger partial charge in [-0.15, -0.1) is 0 Å². The Morgan fingerprint density at radius 3 is 2.29 bits per heavy atom. The molecule has 0 aliphatic heterocycles. The second-order valence-electron chi connectivity index (χ2n) is 6.38. The van der Waals surface area contributed by atoms with E-state index in [9.17, 15) is 0 Å². The van der Waals surface area contributed by atoms with Crippen molar-refractivity contribution in [3.05, 3.63) is 0 Å². The van der Waals surface area contributed by atoms with Crippen LogP contribution >= 0.6 is 0 Å². The van der Waals surface area contributed by atoms with Crippen molar-refractivity contribution in [3.8, 4) is 0 Å². The zero-order valence-corrected chi connectivity index (χ0v) is 15.9. The minimum absolute atomic E-state index is 0.457. The molecule has 17 heavy (non-hydrogen) atoms. The SMILES string of the molecule is CCOCOCCC[Si](C)(C)C(C)(C)C(C)[SiH3]. The first-order valence-corrected chi connectivity index (χ1v) is 11.3. The van der Waals surface area contributed by atoms with E-state index in [-0.39, 0.29) is 0 Å². The average Bonchev–Trinajstić information content (AvgIpc) is 2.22. The lowest BCUT2D eigenvalue weighted by atomic mass is 10.1.